The minimum absolute atomic E-state index is 0.0368. The summed E-state index contributed by atoms with van der Waals surface area (Å²) in [6, 6.07) is 16.5. The van der Waals surface area contributed by atoms with Crippen molar-refractivity contribution in [1.29, 1.82) is 0 Å². The summed E-state index contributed by atoms with van der Waals surface area (Å²) in [5.74, 6) is -0.127. The molecule has 12 nitrogen and oxygen atoms in total. The van der Waals surface area contributed by atoms with Crippen molar-refractivity contribution in [3.05, 3.63) is 59.7 Å². The fourth-order valence-corrected chi connectivity index (χ4v) is 5.10. The van der Waals surface area contributed by atoms with E-state index in [1.54, 1.807) is 0 Å². The maximum Gasteiger partial charge on any atom is 0.407 e. The minimum atomic E-state index is -0.454. The van der Waals surface area contributed by atoms with Gasteiger partial charge in [0.1, 0.15) is 13.2 Å². The second-order valence-electron chi connectivity index (χ2n) is 11.2. The van der Waals surface area contributed by atoms with Crippen molar-refractivity contribution in [2.45, 2.75) is 38.5 Å². The third kappa shape index (κ3) is 17.4. The van der Waals surface area contributed by atoms with Crippen LogP contribution in [-0.2, 0) is 47.4 Å². The lowest BCUT2D eigenvalue weighted by molar-refractivity contribution is -0.145. The number of carbonyl (C=O) groups is 2. The van der Waals surface area contributed by atoms with Gasteiger partial charge in [-0.15, -0.1) is 0 Å². The van der Waals surface area contributed by atoms with E-state index >= 15 is 0 Å². The van der Waals surface area contributed by atoms with Crippen LogP contribution in [0.5, 0.6) is 0 Å². The van der Waals surface area contributed by atoms with Crippen LogP contribution in [0.1, 0.15) is 49.7 Å². The number of benzene rings is 2. The molecule has 274 valence electrons. The van der Waals surface area contributed by atoms with E-state index in [2.05, 4.69) is 36.5 Å². The number of rotatable bonds is 30. The zero-order valence-corrected chi connectivity index (χ0v) is 29.0. The van der Waals surface area contributed by atoms with Crippen LogP contribution in [0, 0.1) is 0 Å². The molecule has 0 bridgehead atoms. The molecule has 0 atom stereocenters. The molecule has 0 heterocycles. The molecule has 1 aliphatic rings. The quantitative estimate of drug-likeness (QED) is 0.0900. The van der Waals surface area contributed by atoms with Crippen molar-refractivity contribution < 1.29 is 52.2 Å². The van der Waals surface area contributed by atoms with Gasteiger partial charge in [0.2, 0.25) is 0 Å². The molecule has 0 radical (unpaired) electrons. The molecule has 1 aliphatic carbocycles. The molecule has 0 saturated heterocycles. The first-order valence-electron chi connectivity index (χ1n) is 17.5. The van der Waals surface area contributed by atoms with Gasteiger partial charge in [0.15, 0.2) is 0 Å². The van der Waals surface area contributed by atoms with Crippen molar-refractivity contribution in [3.63, 3.8) is 0 Å². The van der Waals surface area contributed by atoms with Crippen LogP contribution < -0.4 is 5.32 Å². The molecule has 2 aromatic carbocycles. The van der Waals surface area contributed by atoms with Gasteiger partial charge in [0.25, 0.3) is 0 Å². The molecule has 12 heteroatoms. The molecule has 0 aliphatic heterocycles. The van der Waals surface area contributed by atoms with Gasteiger partial charge in [-0.25, -0.2) is 4.79 Å². The molecule has 0 saturated carbocycles. The summed E-state index contributed by atoms with van der Waals surface area (Å²) >= 11 is 0. The van der Waals surface area contributed by atoms with Gasteiger partial charge in [-0.2, -0.15) is 0 Å². The molecule has 49 heavy (non-hydrogen) atoms. The third-order valence-corrected chi connectivity index (χ3v) is 7.57. The average molecular weight is 690 g/mol. The summed E-state index contributed by atoms with van der Waals surface area (Å²) in [6.45, 7) is 9.32. The zero-order chi connectivity index (χ0) is 34.6. The summed E-state index contributed by atoms with van der Waals surface area (Å²) < 4.78 is 48.9. The van der Waals surface area contributed by atoms with Crippen molar-refractivity contribution in [3.8, 4) is 11.1 Å². The van der Waals surface area contributed by atoms with Crippen LogP contribution in [-0.4, -0.2) is 124 Å². The van der Waals surface area contributed by atoms with Crippen LogP contribution in [0.25, 0.3) is 11.1 Å². The van der Waals surface area contributed by atoms with Gasteiger partial charge in [-0.05, 0) is 28.7 Å². The SMILES string of the molecule is CCCCCC(=O)OCCOCCOCCOCCOCCOCCOCCOCCNC(=O)OCC1c2ccccc2-c2ccccc21. The van der Waals surface area contributed by atoms with Gasteiger partial charge in [0.05, 0.1) is 92.5 Å². The van der Waals surface area contributed by atoms with E-state index < -0.39 is 6.09 Å². The second kappa shape index (κ2) is 26.7. The molecular formula is C37H55NO11. The Bertz CT molecular complexity index is 1120. The second-order valence-corrected chi connectivity index (χ2v) is 11.2. The monoisotopic (exact) mass is 689 g/mol. The summed E-state index contributed by atoms with van der Waals surface area (Å²) in [6.07, 6.45) is 3.02. The Labute approximate surface area is 291 Å². The van der Waals surface area contributed by atoms with Crippen molar-refractivity contribution in [1.82, 2.24) is 5.32 Å². The summed E-state index contributed by atoms with van der Waals surface area (Å²) in [4.78, 5) is 23.7. The standard InChI is InChI=1S/C37H55NO11/c1-2-3-4-13-36(39)48-29-28-47-27-26-46-25-24-45-23-22-44-21-20-43-19-18-42-17-16-41-15-14-38-37(40)49-30-35-33-11-7-5-9-31(33)32-10-6-8-12-34(32)35/h5-12,35H,2-4,13-30H2,1H3,(H,38,40). The van der Waals surface area contributed by atoms with E-state index in [0.717, 1.165) is 19.3 Å². The summed E-state index contributed by atoms with van der Waals surface area (Å²) in [5, 5.41) is 2.74. The molecule has 3 rings (SSSR count). The van der Waals surface area contributed by atoms with Crippen LogP contribution in [0.15, 0.2) is 48.5 Å². The minimum Gasteiger partial charge on any atom is -0.463 e. The Morgan fingerprint density at radius 2 is 0.980 bits per heavy atom. The largest absolute Gasteiger partial charge is 0.463 e. The number of nitrogens with one attached hydrogen (secondary N) is 1. The van der Waals surface area contributed by atoms with Gasteiger partial charge in [-0.3, -0.25) is 4.79 Å². The molecule has 1 amide bonds. The number of fused-ring (bicyclic) bond motifs is 3. The van der Waals surface area contributed by atoms with Gasteiger partial charge in [0, 0.05) is 18.9 Å². The Balaban J connectivity index is 0.990. The fourth-order valence-electron chi connectivity index (χ4n) is 5.10. The number of unbranched alkanes of at least 4 members (excludes halogenated alkanes) is 2. The van der Waals surface area contributed by atoms with E-state index in [1.165, 1.54) is 22.3 Å². The molecular weight excluding hydrogens is 634 g/mol. The first kappa shape index (κ1) is 40.3. The van der Waals surface area contributed by atoms with Crippen LogP contribution in [0.4, 0.5) is 4.79 Å². The number of amides is 1. The van der Waals surface area contributed by atoms with E-state index in [-0.39, 0.29) is 25.1 Å². The maximum absolute atomic E-state index is 12.2. The molecule has 1 N–H and O–H groups in total. The number of alkyl carbamates (subject to hydrolysis) is 1. The van der Waals surface area contributed by atoms with Crippen LogP contribution in [0.2, 0.25) is 0 Å². The number of carbonyl (C=O) groups excluding carboxylic acids is 2. The first-order chi connectivity index (χ1) is 24.2. The highest BCUT2D eigenvalue weighted by molar-refractivity contribution is 5.79. The van der Waals surface area contributed by atoms with Gasteiger partial charge < -0.3 is 47.9 Å². The number of hydrogen-bond acceptors (Lipinski definition) is 11. The lowest BCUT2D eigenvalue weighted by Crippen LogP contribution is -2.29. The smallest absolute Gasteiger partial charge is 0.407 e. The predicted molar refractivity (Wildman–Crippen MR) is 184 cm³/mol. The highest BCUT2D eigenvalue weighted by atomic mass is 16.6. The maximum atomic E-state index is 12.2. The third-order valence-electron chi connectivity index (χ3n) is 7.57. The average Bonchev–Trinajstić information content (AvgIpc) is 3.44. The highest BCUT2D eigenvalue weighted by Crippen LogP contribution is 2.44. The van der Waals surface area contributed by atoms with Crippen molar-refractivity contribution in [2.24, 2.45) is 0 Å². The lowest BCUT2D eigenvalue weighted by atomic mass is 9.98. The lowest BCUT2D eigenvalue weighted by Gasteiger charge is -2.14. The Morgan fingerprint density at radius 1 is 0.551 bits per heavy atom. The predicted octanol–water partition coefficient (Wildman–Crippen LogP) is 4.76. The molecule has 0 spiro atoms. The zero-order valence-electron chi connectivity index (χ0n) is 29.0. The summed E-state index contributed by atoms with van der Waals surface area (Å²) in [7, 11) is 0. The number of hydrogen-bond donors (Lipinski definition) is 1. The van der Waals surface area contributed by atoms with E-state index in [0.29, 0.717) is 105 Å². The fraction of sp³-hybridized carbons (Fsp3) is 0.622. The first-order valence-corrected chi connectivity index (χ1v) is 17.5. The Morgan fingerprint density at radius 3 is 1.45 bits per heavy atom. The van der Waals surface area contributed by atoms with Crippen molar-refractivity contribution >= 4 is 12.1 Å². The Kier molecular flexibility index (Phi) is 22.0. The number of esters is 1. The molecule has 0 fully saturated rings. The highest BCUT2D eigenvalue weighted by Gasteiger charge is 2.28. The molecule has 2 aromatic rings. The normalized spacial score (nSPS) is 12.1. The molecule has 0 aromatic heterocycles. The molecule has 0 unspecified atom stereocenters. The van der Waals surface area contributed by atoms with Crippen LogP contribution >= 0.6 is 0 Å². The van der Waals surface area contributed by atoms with Gasteiger partial charge in [-0.1, -0.05) is 68.3 Å². The Hall–Kier alpha value is -3.10. The van der Waals surface area contributed by atoms with Crippen molar-refractivity contribution in [2.75, 3.05) is 112 Å². The van der Waals surface area contributed by atoms with E-state index in [4.69, 9.17) is 42.6 Å². The van der Waals surface area contributed by atoms with E-state index in [9.17, 15) is 9.59 Å². The van der Waals surface area contributed by atoms with E-state index in [1.807, 2.05) is 24.3 Å². The van der Waals surface area contributed by atoms with Gasteiger partial charge >= 0.3 is 12.1 Å². The summed E-state index contributed by atoms with van der Waals surface area (Å²) in [5.41, 5.74) is 4.77. The topological polar surface area (TPSA) is 129 Å². The van der Waals surface area contributed by atoms with Crippen LogP contribution in [0.3, 0.4) is 0 Å². The number of ether oxygens (including phenoxy) is 9.